The average Bonchev–Trinajstić information content (AvgIpc) is 3.22. The quantitative estimate of drug-likeness (QED) is 0.309. The van der Waals surface area contributed by atoms with Gasteiger partial charge in [0, 0.05) is 38.7 Å². The minimum absolute atomic E-state index is 0.103. The molecule has 3 aliphatic rings. The van der Waals surface area contributed by atoms with Gasteiger partial charge in [-0.05, 0) is 75.1 Å². The molecule has 8 heteroatoms. The van der Waals surface area contributed by atoms with E-state index in [4.69, 9.17) is 4.74 Å². The van der Waals surface area contributed by atoms with Crippen molar-refractivity contribution in [2.45, 2.75) is 55.4 Å². The maximum absolute atomic E-state index is 13.3. The van der Waals surface area contributed by atoms with E-state index in [2.05, 4.69) is 22.5 Å². The van der Waals surface area contributed by atoms with E-state index in [0.29, 0.717) is 17.2 Å². The van der Waals surface area contributed by atoms with Crippen molar-refractivity contribution >= 4 is 42.2 Å². The summed E-state index contributed by atoms with van der Waals surface area (Å²) in [6.07, 6.45) is 6.20. The fourth-order valence-corrected chi connectivity index (χ4v) is 9.29. The molecule has 6 rings (SSSR count). The molecule has 0 unspecified atom stereocenters. The molecule has 0 amide bonds. The first kappa shape index (κ1) is 23.8. The number of ether oxygens (including phenoxy) is 1. The van der Waals surface area contributed by atoms with Gasteiger partial charge in [0.25, 0.3) is 0 Å². The highest BCUT2D eigenvalue weighted by molar-refractivity contribution is 8.72. The SMILES string of the molecule is CCOC(=O)C1=C[C@@]2(CC)CCCN3CCc4c(n1c1cc(SS(=O)(=O)c5ccccc5)ccc41)[C@H]32. The van der Waals surface area contributed by atoms with Crippen molar-refractivity contribution in [1.29, 1.82) is 0 Å². The molecule has 1 aromatic heterocycles. The Hall–Kier alpha value is -2.55. The molecule has 3 aliphatic heterocycles. The second-order valence-electron chi connectivity index (χ2n) is 9.86. The van der Waals surface area contributed by atoms with Crippen LogP contribution in [-0.2, 0) is 24.8 Å². The summed E-state index contributed by atoms with van der Waals surface area (Å²) < 4.78 is 33.8. The second-order valence-corrected chi connectivity index (χ2v) is 13.7. The monoisotopic (exact) mass is 522 g/mol. The van der Waals surface area contributed by atoms with Gasteiger partial charge in [0.1, 0.15) is 5.70 Å². The highest BCUT2D eigenvalue weighted by Gasteiger charge is 2.51. The normalized spacial score (nSPS) is 23.3. The minimum atomic E-state index is -3.57. The third-order valence-electron chi connectivity index (χ3n) is 8.04. The first-order chi connectivity index (χ1) is 17.4. The van der Waals surface area contributed by atoms with Gasteiger partial charge < -0.3 is 9.30 Å². The molecule has 1 fully saturated rings. The van der Waals surface area contributed by atoms with Crippen LogP contribution in [0.4, 0.5) is 0 Å². The van der Waals surface area contributed by atoms with Crippen LogP contribution in [0, 0.1) is 5.41 Å². The van der Waals surface area contributed by atoms with Gasteiger partial charge in [0.05, 0.1) is 23.1 Å². The highest BCUT2D eigenvalue weighted by Crippen LogP contribution is 2.57. The number of hydrogen-bond donors (Lipinski definition) is 0. The van der Waals surface area contributed by atoms with Crippen LogP contribution >= 0.6 is 10.8 Å². The fraction of sp³-hybridized carbons (Fsp3) is 0.393. The van der Waals surface area contributed by atoms with Gasteiger partial charge in [-0.3, -0.25) is 4.90 Å². The summed E-state index contributed by atoms with van der Waals surface area (Å²) in [4.78, 5) is 16.8. The third-order valence-corrected chi connectivity index (χ3v) is 11.4. The Bertz CT molecular complexity index is 1490. The number of hydrogen-bond acceptors (Lipinski definition) is 6. The molecule has 6 nitrogen and oxygen atoms in total. The topological polar surface area (TPSA) is 68.6 Å². The van der Waals surface area contributed by atoms with Gasteiger partial charge >= 0.3 is 5.97 Å². The van der Waals surface area contributed by atoms with E-state index in [1.807, 2.05) is 25.1 Å². The minimum Gasteiger partial charge on any atom is -0.461 e. The van der Waals surface area contributed by atoms with E-state index in [-0.39, 0.29) is 22.3 Å². The van der Waals surface area contributed by atoms with Crippen molar-refractivity contribution in [2.75, 3.05) is 19.7 Å². The summed E-state index contributed by atoms with van der Waals surface area (Å²) >= 11 is 0. The van der Waals surface area contributed by atoms with Gasteiger partial charge in [-0.25, -0.2) is 13.2 Å². The number of benzene rings is 2. The average molecular weight is 523 g/mol. The largest absolute Gasteiger partial charge is 0.461 e. The number of aromatic nitrogens is 1. The zero-order valence-electron chi connectivity index (χ0n) is 20.6. The van der Waals surface area contributed by atoms with Gasteiger partial charge in [0.15, 0.2) is 0 Å². The molecule has 0 N–H and O–H groups in total. The van der Waals surface area contributed by atoms with Gasteiger partial charge in [-0.2, -0.15) is 0 Å². The van der Waals surface area contributed by atoms with Crippen LogP contribution in [0.2, 0.25) is 0 Å². The van der Waals surface area contributed by atoms with E-state index in [1.54, 1.807) is 30.3 Å². The lowest BCUT2D eigenvalue weighted by Crippen LogP contribution is -2.51. The number of carbonyl (C=O) groups is 1. The Morgan fingerprint density at radius 2 is 1.94 bits per heavy atom. The Balaban J connectivity index is 1.55. The van der Waals surface area contributed by atoms with E-state index in [0.717, 1.165) is 60.5 Å². The van der Waals surface area contributed by atoms with Crippen LogP contribution in [0.3, 0.4) is 0 Å². The van der Waals surface area contributed by atoms with Crippen molar-refractivity contribution in [2.24, 2.45) is 5.41 Å². The molecular weight excluding hydrogens is 492 g/mol. The lowest BCUT2D eigenvalue weighted by molar-refractivity contribution is -0.136. The van der Waals surface area contributed by atoms with Crippen molar-refractivity contribution in [3.8, 4) is 0 Å². The first-order valence-electron chi connectivity index (χ1n) is 12.7. The lowest BCUT2D eigenvalue weighted by Gasteiger charge is -2.53. The Morgan fingerprint density at radius 1 is 1.14 bits per heavy atom. The van der Waals surface area contributed by atoms with E-state index in [9.17, 15) is 13.2 Å². The number of esters is 1. The third kappa shape index (κ3) is 3.56. The predicted octanol–water partition coefficient (Wildman–Crippen LogP) is 5.63. The molecule has 1 saturated heterocycles. The number of carbonyl (C=O) groups excluding carboxylic acids is 1. The molecule has 0 spiro atoms. The molecule has 0 saturated carbocycles. The molecule has 36 heavy (non-hydrogen) atoms. The van der Waals surface area contributed by atoms with Crippen LogP contribution in [-0.4, -0.2) is 43.6 Å². The molecule has 0 radical (unpaired) electrons. The van der Waals surface area contributed by atoms with E-state index < -0.39 is 8.87 Å². The zero-order valence-corrected chi connectivity index (χ0v) is 22.2. The maximum atomic E-state index is 13.3. The van der Waals surface area contributed by atoms with Gasteiger partial charge in [-0.15, -0.1) is 0 Å². The number of rotatable bonds is 6. The van der Waals surface area contributed by atoms with Gasteiger partial charge in [-0.1, -0.05) is 31.2 Å². The summed E-state index contributed by atoms with van der Waals surface area (Å²) in [5.74, 6) is -0.318. The van der Waals surface area contributed by atoms with Crippen LogP contribution in [0.25, 0.3) is 16.6 Å². The maximum Gasteiger partial charge on any atom is 0.354 e. The predicted molar refractivity (Wildman–Crippen MR) is 142 cm³/mol. The fourth-order valence-electron chi connectivity index (χ4n) is 6.48. The van der Waals surface area contributed by atoms with Crippen LogP contribution < -0.4 is 0 Å². The van der Waals surface area contributed by atoms with Crippen molar-refractivity contribution in [3.63, 3.8) is 0 Å². The summed E-state index contributed by atoms with van der Waals surface area (Å²) in [5.41, 5.74) is 3.82. The van der Waals surface area contributed by atoms with Crippen molar-refractivity contribution < 1.29 is 17.9 Å². The first-order valence-corrected chi connectivity index (χ1v) is 15.5. The molecule has 188 valence electrons. The molecule has 0 bridgehead atoms. The van der Waals surface area contributed by atoms with Crippen molar-refractivity contribution in [1.82, 2.24) is 9.47 Å². The number of nitrogens with zero attached hydrogens (tertiary/aromatic N) is 2. The van der Waals surface area contributed by atoms with E-state index >= 15 is 0 Å². The zero-order chi connectivity index (χ0) is 25.1. The number of fused-ring (bicyclic) bond motifs is 3. The Labute approximate surface area is 215 Å². The second kappa shape index (κ2) is 8.78. The molecular formula is C28H30N2O4S2. The Morgan fingerprint density at radius 3 is 2.69 bits per heavy atom. The smallest absolute Gasteiger partial charge is 0.354 e. The van der Waals surface area contributed by atoms with Crippen LogP contribution in [0.5, 0.6) is 0 Å². The molecule has 0 aliphatic carbocycles. The summed E-state index contributed by atoms with van der Waals surface area (Å²) in [7, 11) is -2.72. The Kier molecular flexibility index (Phi) is 5.81. The summed E-state index contributed by atoms with van der Waals surface area (Å²) in [6.45, 7) is 6.42. The van der Waals surface area contributed by atoms with Crippen molar-refractivity contribution in [3.05, 3.63) is 65.9 Å². The molecule has 2 atom stereocenters. The number of piperidine rings is 1. The van der Waals surface area contributed by atoms with Crippen LogP contribution in [0.1, 0.15) is 50.4 Å². The summed E-state index contributed by atoms with van der Waals surface area (Å²) in [6, 6.07) is 14.6. The summed E-state index contributed by atoms with van der Waals surface area (Å²) in [5, 5.41) is 1.10. The van der Waals surface area contributed by atoms with Gasteiger partial charge in [0.2, 0.25) is 8.87 Å². The molecule has 2 aromatic carbocycles. The lowest BCUT2D eigenvalue weighted by atomic mass is 9.66. The highest BCUT2D eigenvalue weighted by atomic mass is 33.1. The van der Waals surface area contributed by atoms with E-state index in [1.165, 1.54) is 11.3 Å². The molecule has 4 heterocycles. The molecule has 3 aromatic rings. The standard InChI is InChI=1S/C28H30N2O4S2/c1-3-28-14-8-15-29-16-13-22-21-12-11-19(35-36(32,33)20-9-6-5-7-10-20)17-23(21)30(25(22)26(28)29)24(18-28)27(31)34-4-2/h5-7,9-12,17-18,26H,3-4,8,13-16H2,1-2H3/t26-,28+/m0/s1. The van der Waals surface area contributed by atoms with Crippen LogP contribution in [0.15, 0.2) is 64.4 Å².